The van der Waals surface area contributed by atoms with E-state index in [9.17, 15) is 22.4 Å². The molecule has 0 spiro atoms. The quantitative estimate of drug-likeness (QED) is 0.0635. The molecule has 0 saturated carbocycles. The van der Waals surface area contributed by atoms with Crippen molar-refractivity contribution < 1.29 is 22.4 Å². The number of sulfonamides is 1. The number of rotatable bonds is 16. The molecule has 0 bridgehead atoms. The van der Waals surface area contributed by atoms with Crippen LogP contribution in [0.4, 0.5) is 31.0 Å². The molecule has 0 unspecified atom stereocenters. The number of para-hydroxylation sites is 2. The summed E-state index contributed by atoms with van der Waals surface area (Å²) in [5.41, 5.74) is 3.10. The molecule has 0 atom stereocenters. The number of hydrogen-bond donors (Lipinski definition) is 5. The Kier molecular flexibility index (Phi) is 17.2. The van der Waals surface area contributed by atoms with Crippen LogP contribution in [0.2, 0.25) is 0 Å². The first-order valence-corrected chi connectivity index (χ1v) is 20.4. The first-order valence-electron chi connectivity index (χ1n) is 18.1. The third-order valence-corrected chi connectivity index (χ3v) is 10.7. The summed E-state index contributed by atoms with van der Waals surface area (Å²) in [6.07, 6.45) is 1.74. The van der Waals surface area contributed by atoms with Crippen LogP contribution in [-0.4, -0.2) is 84.6 Å². The normalized spacial score (nSPS) is 11.0. The zero-order valence-corrected chi connectivity index (χ0v) is 33.7. The van der Waals surface area contributed by atoms with Gasteiger partial charge in [0.1, 0.15) is 10.7 Å². The molecule has 0 aliphatic heterocycles. The lowest BCUT2D eigenvalue weighted by molar-refractivity contribution is 0.250. The summed E-state index contributed by atoms with van der Waals surface area (Å²) in [6.45, 7) is 3.00. The highest BCUT2D eigenvalue weighted by atomic mass is 32.2. The first kappa shape index (κ1) is 43.3. The summed E-state index contributed by atoms with van der Waals surface area (Å²) in [6, 6.07) is 36.1. The molecule has 0 saturated heterocycles. The van der Waals surface area contributed by atoms with Crippen LogP contribution in [0.3, 0.4) is 0 Å². The topological polar surface area (TPSA) is 135 Å². The minimum Gasteiger partial charge on any atom is -0.338 e. The largest absolute Gasteiger partial charge is 0.338 e. The Hall–Kier alpha value is -5.41. The second-order valence-electron chi connectivity index (χ2n) is 13.1. The van der Waals surface area contributed by atoms with Crippen LogP contribution in [0, 0.1) is 5.82 Å². The summed E-state index contributed by atoms with van der Waals surface area (Å²) < 4.78 is 42.5. The number of nitrogens with zero attached hydrogens (tertiary/aromatic N) is 2. The van der Waals surface area contributed by atoms with E-state index in [1.54, 1.807) is 97.1 Å². The SMILES string of the molecule is CN(C)CCCNC(=O)Nc1ccc(-c2ccccc2F)cc1.CN(C)CCCNC(=O)Nc1ccccc1Sc1ccccc1S(=O)(=O)Nc1ccccc1. The zero-order valence-electron chi connectivity index (χ0n) is 32.1. The van der Waals surface area contributed by atoms with Crippen molar-refractivity contribution in [3.8, 4) is 11.1 Å². The van der Waals surface area contributed by atoms with E-state index in [0.717, 1.165) is 36.4 Å². The summed E-state index contributed by atoms with van der Waals surface area (Å²) in [4.78, 5) is 29.7. The molecule has 56 heavy (non-hydrogen) atoms. The smallest absolute Gasteiger partial charge is 0.319 e. The van der Waals surface area contributed by atoms with Crippen LogP contribution in [0.5, 0.6) is 0 Å². The van der Waals surface area contributed by atoms with Gasteiger partial charge in [0.2, 0.25) is 0 Å². The Morgan fingerprint density at radius 2 is 1.14 bits per heavy atom. The van der Waals surface area contributed by atoms with Crippen molar-refractivity contribution in [3.05, 3.63) is 133 Å². The molecule has 14 heteroatoms. The van der Waals surface area contributed by atoms with E-state index in [-0.39, 0.29) is 22.8 Å². The molecular formula is C42H50FN7O4S2. The highest BCUT2D eigenvalue weighted by molar-refractivity contribution is 8.00. The van der Waals surface area contributed by atoms with Gasteiger partial charge < -0.3 is 31.1 Å². The monoisotopic (exact) mass is 799 g/mol. The summed E-state index contributed by atoms with van der Waals surface area (Å²) in [5, 5.41) is 11.3. The number of hydrogen-bond acceptors (Lipinski definition) is 7. The van der Waals surface area contributed by atoms with Crippen molar-refractivity contribution in [2.45, 2.75) is 27.5 Å². The second-order valence-corrected chi connectivity index (χ2v) is 15.9. The highest BCUT2D eigenvalue weighted by Gasteiger charge is 2.20. The molecular weight excluding hydrogens is 750 g/mol. The minimum atomic E-state index is -3.80. The number of amides is 4. The van der Waals surface area contributed by atoms with E-state index in [1.807, 2.05) is 52.5 Å². The number of anilines is 3. The minimum absolute atomic E-state index is 0.168. The molecule has 0 aromatic heterocycles. The number of nitrogens with one attached hydrogen (secondary N) is 5. The van der Waals surface area contributed by atoms with Crippen molar-refractivity contribution >= 4 is 50.9 Å². The maximum atomic E-state index is 13.7. The third-order valence-electron chi connectivity index (χ3n) is 7.98. The number of urea groups is 2. The van der Waals surface area contributed by atoms with Crippen LogP contribution >= 0.6 is 11.8 Å². The average Bonchev–Trinajstić information content (AvgIpc) is 3.17. The first-order chi connectivity index (χ1) is 26.9. The van der Waals surface area contributed by atoms with Gasteiger partial charge in [0.25, 0.3) is 10.0 Å². The molecule has 5 aromatic rings. The van der Waals surface area contributed by atoms with Crippen LogP contribution in [0.1, 0.15) is 12.8 Å². The predicted octanol–water partition coefficient (Wildman–Crippen LogP) is 8.28. The lowest BCUT2D eigenvalue weighted by atomic mass is 10.1. The maximum Gasteiger partial charge on any atom is 0.319 e. The fourth-order valence-corrected chi connectivity index (χ4v) is 7.74. The van der Waals surface area contributed by atoms with E-state index in [0.29, 0.717) is 40.6 Å². The molecule has 11 nitrogen and oxygen atoms in total. The molecule has 0 aliphatic carbocycles. The van der Waals surface area contributed by atoms with Crippen LogP contribution in [0.15, 0.2) is 142 Å². The molecule has 4 amide bonds. The predicted molar refractivity (Wildman–Crippen MR) is 226 cm³/mol. The average molecular weight is 800 g/mol. The van der Waals surface area contributed by atoms with E-state index in [4.69, 9.17) is 0 Å². The number of benzene rings is 5. The molecule has 5 N–H and O–H groups in total. The van der Waals surface area contributed by atoms with Gasteiger partial charge in [0.15, 0.2) is 0 Å². The zero-order chi connectivity index (χ0) is 40.3. The van der Waals surface area contributed by atoms with Crippen LogP contribution in [-0.2, 0) is 10.0 Å². The molecule has 296 valence electrons. The fraction of sp³-hybridized carbons (Fsp3) is 0.238. The van der Waals surface area contributed by atoms with Crippen molar-refractivity contribution in [1.29, 1.82) is 0 Å². The van der Waals surface area contributed by atoms with Gasteiger partial charge in [-0.25, -0.2) is 22.4 Å². The molecule has 0 fully saturated rings. The Balaban J connectivity index is 0.000000265. The Morgan fingerprint density at radius 3 is 1.77 bits per heavy atom. The van der Waals surface area contributed by atoms with Gasteiger partial charge in [-0.3, -0.25) is 4.72 Å². The van der Waals surface area contributed by atoms with Gasteiger partial charge in [-0.05, 0) is 114 Å². The number of carbonyl (C=O) groups is 2. The van der Waals surface area contributed by atoms with Crippen molar-refractivity contribution in [3.63, 3.8) is 0 Å². The van der Waals surface area contributed by atoms with Crippen molar-refractivity contribution in [1.82, 2.24) is 20.4 Å². The Labute approximate surface area is 334 Å². The third kappa shape index (κ3) is 14.7. The van der Waals surface area contributed by atoms with Crippen LogP contribution < -0.4 is 26.0 Å². The number of halogens is 1. The van der Waals surface area contributed by atoms with E-state index in [2.05, 4.69) is 35.8 Å². The van der Waals surface area contributed by atoms with E-state index >= 15 is 0 Å². The lowest BCUT2D eigenvalue weighted by Crippen LogP contribution is -2.31. The van der Waals surface area contributed by atoms with Gasteiger partial charge in [0, 0.05) is 39.8 Å². The van der Waals surface area contributed by atoms with Crippen LogP contribution in [0.25, 0.3) is 11.1 Å². The van der Waals surface area contributed by atoms with Crippen molar-refractivity contribution in [2.24, 2.45) is 0 Å². The molecule has 5 rings (SSSR count). The maximum absolute atomic E-state index is 13.7. The number of carbonyl (C=O) groups excluding carboxylic acids is 2. The highest BCUT2D eigenvalue weighted by Crippen LogP contribution is 2.37. The van der Waals surface area contributed by atoms with Gasteiger partial charge in [-0.15, -0.1) is 0 Å². The summed E-state index contributed by atoms with van der Waals surface area (Å²) >= 11 is 1.28. The second kappa shape index (κ2) is 22.2. The summed E-state index contributed by atoms with van der Waals surface area (Å²) in [5.74, 6) is -0.258. The molecule has 0 heterocycles. The lowest BCUT2D eigenvalue weighted by Gasteiger charge is -2.15. The Bertz CT molecular complexity index is 2100. The standard InChI is InChI=1S/C24H28N4O3S2.C18H22FN3O/c1-28(2)18-10-17-25-24(29)26-20-13-6-7-14-21(20)32-22-15-8-9-16-23(22)33(30,31)27-19-11-4-3-5-12-19;1-22(2)13-5-12-20-18(23)21-15-10-8-14(9-11-15)16-6-3-4-7-17(16)19/h3-9,11-16,27H,10,17-18H2,1-2H3,(H2,25,26,29);3-4,6-11H,5,12-13H2,1-2H3,(H2,20,21,23). The summed E-state index contributed by atoms with van der Waals surface area (Å²) in [7, 11) is 4.17. The van der Waals surface area contributed by atoms with E-state index in [1.165, 1.54) is 17.8 Å². The van der Waals surface area contributed by atoms with Gasteiger partial charge >= 0.3 is 12.1 Å². The van der Waals surface area contributed by atoms with Gasteiger partial charge in [0.05, 0.1) is 5.69 Å². The Morgan fingerprint density at radius 1 is 0.607 bits per heavy atom. The van der Waals surface area contributed by atoms with E-state index < -0.39 is 10.0 Å². The van der Waals surface area contributed by atoms with Gasteiger partial charge in [-0.1, -0.05) is 84.6 Å². The fourth-order valence-electron chi connectivity index (χ4n) is 5.21. The molecule has 0 radical (unpaired) electrons. The van der Waals surface area contributed by atoms with Crippen molar-refractivity contribution in [2.75, 3.05) is 69.7 Å². The molecule has 5 aromatic carbocycles. The van der Waals surface area contributed by atoms with Gasteiger partial charge in [-0.2, -0.15) is 0 Å². The molecule has 0 aliphatic rings.